The van der Waals surface area contributed by atoms with Crippen molar-refractivity contribution < 1.29 is 10.2 Å². The molecule has 0 aliphatic heterocycles. The number of rotatable bonds is 3. The van der Waals surface area contributed by atoms with Gasteiger partial charge >= 0.3 is 0 Å². The molecular formula is C16H4Cl8N6O2. The van der Waals surface area contributed by atoms with Crippen molar-refractivity contribution in [2.24, 2.45) is 20.7 Å². The van der Waals surface area contributed by atoms with Crippen LogP contribution in [0.1, 0.15) is 0 Å². The first-order valence-electron chi connectivity index (χ1n) is 8.01. The molecule has 0 aliphatic rings. The first-order chi connectivity index (χ1) is 15.1. The minimum atomic E-state index is -0.357. The third-order valence-electron chi connectivity index (χ3n) is 4.28. The topological polar surface area (TPSA) is 121 Å². The Morgan fingerprint density at radius 2 is 0.719 bits per heavy atom. The predicted molar refractivity (Wildman–Crippen MR) is 129 cm³/mol. The molecule has 0 saturated heterocycles. The summed E-state index contributed by atoms with van der Waals surface area (Å²) >= 11 is 48.8. The summed E-state index contributed by atoms with van der Waals surface area (Å²) in [5.74, 6) is -0.747. The number of nitrogens with zero attached hydrogens (tertiary/aromatic N) is 4. The molecule has 2 aromatic heterocycles. The largest absolute Gasteiger partial charge is 0.494 e. The fourth-order valence-corrected chi connectivity index (χ4v) is 4.97. The Morgan fingerprint density at radius 3 is 1.03 bits per heavy atom. The third-order valence-corrected chi connectivity index (χ3v) is 7.89. The Balaban J connectivity index is 1.77. The van der Waals surface area contributed by atoms with E-state index >= 15 is 0 Å². The van der Waals surface area contributed by atoms with Gasteiger partial charge in [-0.3, -0.25) is 0 Å². The molecule has 0 fully saturated rings. The fraction of sp³-hybridized carbons (Fsp3) is 0. The molecule has 4 aromatic rings. The van der Waals surface area contributed by atoms with Crippen molar-refractivity contribution in [1.82, 2.24) is 9.97 Å². The fourth-order valence-electron chi connectivity index (χ4n) is 2.91. The SMILES string of the molecule is Oc1[nH]c(/N=N/N=N/c2[nH]c(O)c3c(Cl)c(Cl)c(Cl)c(Cl)c23)c2c(Cl)c(Cl)c(Cl)c(Cl)c12. The van der Waals surface area contributed by atoms with E-state index < -0.39 is 0 Å². The number of hydrogen-bond acceptors (Lipinski definition) is 4. The summed E-state index contributed by atoms with van der Waals surface area (Å²) in [7, 11) is 0. The zero-order valence-electron chi connectivity index (χ0n) is 14.7. The summed E-state index contributed by atoms with van der Waals surface area (Å²) in [6, 6.07) is 0. The smallest absolute Gasteiger partial charge is 0.199 e. The van der Waals surface area contributed by atoms with Crippen LogP contribution in [0.25, 0.3) is 21.5 Å². The highest BCUT2D eigenvalue weighted by atomic mass is 35.5. The molecule has 0 radical (unpaired) electrons. The highest BCUT2D eigenvalue weighted by molar-refractivity contribution is 6.57. The molecule has 0 bridgehead atoms. The predicted octanol–water partition coefficient (Wildman–Crippen LogP) is 10.1. The van der Waals surface area contributed by atoms with Gasteiger partial charge in [0.15, 0.2) is 23.4 Å². The molecule has 2 aromatic carbocycles. The van der Waals surface area contributed by atoms with Crippen molar-refractivity contribution in [2.75, 3.05) is 0 Å². The van der Waals surface area contributed by atoms with Crippen LogP contribution in [0.2, 0.25) is 40.2 Å². The van der Waals surface area contributed by atoms with Gasteiger partial charge in [0, 0.05) is 0 Å². The summed E-state index contributed by atoms with van der Waals surface area (Å²) in [4.78, 5) is 5.08. The zero-order chi connectivity index (χ0) is 23.5. The minimum Gasteiger partial charge on any atom is -0.494 e. The molecule has 4 N–H and O–H groups in total. The van der Waals surface area contributed by atoms with Gasteiger partial charge in [-0.05, 0) is 10.4 Å². The van der Waals surface area contributed by atoms with E-state index in [4.69, 9.17) is 92.8 Å². The lowest BCUT2D eigenvalue weighted by Crippen LogP contribution is -1.78. The average Bonchev–Trinajstić information content (AvgIpc) is 3.27. The molecule has 0 amide bonds. The summed E-state index contributed by atoms with van der Waals surface area (Å²) in [6.07, 6.45) is 0. The van der Waals surface area contributed by atoms with E-state index in [1.165, 1.54) is 0 Å². The summed E-state index contributed by atoms with van der Waals surface area (Å²) in [6.45, 7) is 0. The lowest BCUT2D eigenvalue weighted by Gasteiger charge is -2.04. The Hall–Kier alpha value is -1.36. The van der Waals surface area contributed by atoms with Crippen molar-refractivity contribution >= 4 is 126 Å². The van der Waals surface area contributed by atoms with Crippen molar-refractivity contribution in [3.63, 3.8) is 0 Å². The summed E-state index contributed by atoms with van der Waals surface area (Å²) in [5.41, 5.74) is 0. The molecule has 0 atom stereocenters. The molecule has 0 unspecified atom stereocenters. The van der Waals surface area contributed by atoms with Gasteiger partial charge < -0.3 is 20.2 Å². The number of H-pyrrole nitrogens is 2. The van der Waals surface area contributed by atoms with Crippen LogP contribution >= 0.6 is 92.8 Å². The normalized spacial score (nSPS) is 12.4. The second kappa shape index (κ2) is 8.77. The van der Waals surface area contributed by atoms with Gasteiger partial charge in [-0.25, -0.2) is 0 Å². The Bertz CT molecular complexity index is 1380. The molecular weight excluding hydrogens is 592 g/mol. The maximum atomic E-state index is 10.1. The number of halogens is 8. The number of nitrogens with one attached hydrogen (secondary N) is 2. The minimum absolute atomic E-state index is 0.00765. The molecule has 8 nitrogen and oxygen atoms in total. The molecule has 32 heavy (non-hydrogen) atoms. The highest BCUT2D eigenvalue weighted by Gasteiger charge is 2.24. The quantitative estimate of drug-likeness (QED) is 0.0815. The lowest BCUT2D eigenvalue weighted by molar-refractivity contribution is 0.462. The van der Waals surface area contributed by atoms with Gasteiger partial charge in [0.2, 0.25) is 0 Å². The number of fused-ring (bicyclic) bond motifs is 2. The Labute approximate surface area is 217 Å². The van der Waals surface area contributed by atoms with Gasteiger partial charge in [-0.2, -0.15) is 0 Å². The van der Waals surface area contributed by atoms with E-state index in [-0.39, 0.29) is 85.1 Å². The van der Waals surface area contributed by atoms with Crippen LogP contribution in [0.3, 0.4) is 0 Å². The first kappa shape index (κ1) is 23.8. The van der Waals surface area contributed by atoms with Gasteiger partial charge in [0.05, 0.1) is 61.7 Å². The lowest BCUT2D eigenvalue weighted by atomic mass is 10.2. The van der Waals surface area contributed by atoms with Crippen molar-refractivity contribution in [3.8, 4) is 11.8 Å². The molecule has 0 saturated carbocycles. The Morgan fingerprint density at radius 1 is 0.438 bits per heavy atom. The van der Waals surface area contributed by atoms with Gasteiger partial charge in [-0.15, -0.1) is 10.2 Å². The summed E-state index contributed by atoms with van der Waals surface area (Å²) in [5, 5.41) is 35.4. The molecule has 4 rings (SSSR count). The maximum Gasteiger partial charge on any atom is 0.199 e. The van der Waals surface area contributed by atoms with E-state index in [9.17, 15) is 10.2 Å². The van der Waals surface area contributed by atoms with E-state index in [2.05, 4.69) is 30.6 Å². The number of hydrogen-bond donors (Lipinski definition) is 4. The maximum absolute atomic E-state index is 10.1. The van der Waals surface area contributed by atoms with Crippen LogP contribution in [0.5, 0.6) is 11.8 Å². The third kappa shape index (κ3) is 3.63. The number of aromatic nitrogens is 2. The van der Waals surface area contributed by atoms with E-state index in [1.807, 2.05) is 0 Å². The van der Waals surface area contributed by atoms with Crippen molar-refractivity contribution in [2.45, 2.75) is 0 Å². The van der Waals surface area contributed by atoms with Crippen LogP contribution < -0.4 is 0 Å². The standard InChI is InChI=1S/C16H4Cl8N6O2/c17-5-1-3(7(19)11(23)9(5)21)15(31)25-13(1)27-29-30-28-14-2-4(16(32)26-14)8(20)12(24)10(22)6(2)18/h25-26,31-32H/b29-27+,30-28+. The highest BCUT2D eigenvalue weighted by Crippen LogP contribution is 2.50. The molecule has 166 valence electrons. The van der Waals surface area contributed by atoms with Gasteiger partial charge in [0.1, 0.15) is 0 Å². The van der Waals surface area contributed by atoms with Crippen molar-refractivity contribution in [1.29, 1.82) is 0 Å². The summed E-state index contributed by atoms with van der Waals surface area (Å²) < 4.78 is 0. The molecule has 0 spiro atoms. The van der Waals surface area contributed by atoms with Crippen molar-refractivity contribution in [3.05, 3.63) is 40.2 Å². The second-order valence-corrected chi connectivity index (χ2v) is 9.06. The number of aromatic hydroxyl groups is 2. The zero-order valence-corrected chi connectivity index (χ0v) is 20.8. The average molecular weight is 596 g/mol. The number of aromatic amines is 2. The van der Waals surface area contributed by atoms with E-state index in [1.54, 1.807) is 0 Å². The van der Waals surface area contributed by atoms with E-state index in [0.717, 1.165) is 0 Å². The van der Waals surface area contributed by atoms with Crippen LogP contribution in [0.15, 0.2) is 20.7 Å². The molecule has 16 heteroatoms. The monoisotopic (exact) mass is 592 g/mol. The van der Waals surface area contributed by atoms with Crippen LogP contribution in [-0.4, -0.2) is 20.2 Å². The van der Waals surface area contributed by atoms with Crippen LogP contribution in [0.4, 0.5) is 11.6 Å². The number of benzene rings is 2. The molecule has 2 heterocycles. The van der Waals surface area contributed by atoms with Crippen LogP contribution in [-0.2, 0) is 0 Å². The second-order valence-electron chi connectivity index (χ2n) is 6.04. The Kier molecular flexibility index (Phi) is 6.52. The first-order valence-corrected chi connectivity index (χ1v) is 11.0. The van der Waals surface area contributed by atoms with E-state index in [0.29, 0.717) is 0 Å². The molecule has 0 aliphatic carbocycles. The van der Waals surface area contributed by atoms with Gasteiger partial charge in [-0.1, -0.05) is 92.8 Å². The van der Waals surface area contributed by atoms with Crippen LogP contribution in [0, 0.1) is 0 Å². The van der Waals surface area contributed by atoms with Gasteiger partial charge in [0.25, 0.3) is 0 Å².